The average Bonchev–Trinajstić information content (AvgIpc) is 2.99. The van der Waals surface area contributed by atoms with Gasteiger partial charge in [0.1, 0.15) is 0 Å². The van der Waals surface area contributed by atoms with E-state index in [1.165, 1.54) is 12.1 Å². The molecule has 36 heavy (non-hydrogen) atoms. The number of hydrogen-bond acceptors (Lipinski definition) is 2. The van der Waals surface area contributed by atoms with Crippen molar-refractivity contribution in [2.24, 2.45) is 0 Å². The van der Waals surface area contributed by atoms with Gasteiger partial charge < -0.3 is 9.47 Å². The lowest BCUT2D eigenvalue weighted by Gasteiger charge is -2.30. The standard InChI is InChI=1S/C30H33F3NO2/c1-6-29(7-2)18-23(19-36-21(4)17-20(3)35-5)34-26-14-9-8-11-22(26)15-16-27(34)28-24(29)12-10-13-25(28)30(31,32)33/h8-18,20H,6-7,19H2,1-5H3/q+1. The first kappa shape index (κ1) is 26.0. The van der Waals surface area contributed by atoms with Crippen LogP contribution in [0.25, 0.3) is 27.9 Å². The molecule has 0 amide bonds. The summed E-state index contributed by atoms with van der Waals surface area (Å²) in [4.78, 5) is 0. The topological polar surface area (TPSA) is 22.3 Å². The Labute approximate surface area is 210 Å². The summed E-state index contributed by atoms with van der Waals surface area (Å²) in [6.45, 7) is 8.07. The van der Waals surface area contributed by atoms with E-state index in [0.29, 0.717) is 29.9 Å². The minimum Gasteiger partial charge on any atom is -0.487 e. The summed E-state index contributed by atoms with van der Waals surface area (Å²) in [6.07, 6.45) is 0.723. The quantitative estimate of drug-likeness (QED) is 0.247. The fourth-order valence-electron chi connectivity index (χ4n) is 5.23. The molecule has 0 bridgehead atoms. The molecular weight excluding hydrogens is 463 g/mol. The second-order valence-corrected chi connectivity index (χ2v) is 9.34. The van der Waals surface area contributed by atoms with E-state index < -0.39 is 17.2 Å². The lowest BCUT2D eigenvalue weighted by molar-refractivity contribution is -0.543. The van der Waals surface area contributed by atoms with Crippen molar-refractivity contribution in [3.63, 3.8) is 0 Å². The fourth-order valence-corrected chi connectivity index (χ4v) is 5.23. The van der Waals surface area contributed by atoms with E-state index in [-0.39, 0.29) is 18.3 Å². The molecule has 0 saturated carbocycles. The molecule has 0 fully saturated rings. The maximum Gasteiger partial charge on any atom is 0.417 e. The van der Waals surface area contributed by atoms with Crippen molar-refractivity contribution >= 4 is 16.6 Å². The van der Waals surface area contributed by atoms with Crippen molar-refractivity contribution in [1.82, 2.24) is 0 Å². The van der Waals surface area contributed by atoms with Crippen LogP contribution in [-0.4, -0.2) is 19.8 Å². The molecule has 1 atom stereocenters. The first-order valence-corrected chi connectivity index (χ1v) is 12.4. The average molecular weight is 497 g/mol. The Morgan fingerprint density at radius 1 is 1.03 bits per heavy atom. The van der Waals surface area contributed by atoms with Gasteiger partial charge in [-0.2, -0.15) is 17.7 Å². The van der Waals surface area contributed by atoms with Crippen LogP contribution in [0, 0.1) is 0 Å². The molecular formula is C30H33F3NO2+. The minimum absolute atomic E-state index is 0.113. The highest BCUT2D eigenvalue weighted by Gasteiger charge is 2.44. The third kappa shape index (κ3) is 4.66. The van der Waals surface area contributed by atoms with Gasteiger partial charge in [0, 0.05) is 30.0 Å². The number of para-hydroxylation sites is 1. The second-order valence-electron chi connectivity index (χ2n) is 9.34. The molecule has 0 aliphatic carbocycles. The normalized spacial score (nSPS) is 16.1. The Morgan fingerprint density at radius 2 is 1.75 bits per heavy atom. The highest BCUT2D eigenvalue weighted by molar-refractivity contribution is 5.81. The van der Waals surface area contributed by atoms with E-state index in [9.17, 15) is 13.2 Å². The molecule has 1 aromatic heterocycles. The van der Waals surface area contributed by atoms with Crippen LogP contribution in [0.4, 0.5) is 13.2 Å². The lowest BCUT2D eigenvalue weighted by atomic mass is 9.72. The van der Waals surface area contributed by atoms with Crippen LogP contribution in [0.2, 0.25) is 0 Å². The molecule has 3 nitrogen and oxygen atoms in total. The number of methoxy groups -OCH3 is 1. The molecule has 0 N–H and O–H groups in total. The summed E-state index contributed by atoms with van der Waals surface area (Å²) >= 11 is 0. The first-order chi connectivity index (χ1) is 17.1. The maximum absolute atomic E-state index is 14.4. The van der Waals surface area contributed by atoms with Crippen LogP contribution in [0.1, 0.15) is 51.7 Å². The molecule has 3 aromatic rings. The van der Waals surface area contributed by atoms with E-state index in [2.05, 4.69) is 6.08 Å². The molecule has 0 saturated heterocycles. The predicted octanol–water partition coefficient (Wildman–Crippen LogP) is 7.68. The van der Waals surface area contributed by atoms with Crippen molar-refractivity contribution < 1.29 is 27.2 Å². The molecule has 4 rings (SSSR count). The third-order valence-corrected chi connectivity index (χ3v) is 7.28. The first-order valence-electron chi connectivity index (χ1n) is 12.4. The van der Waals surface area contributed by atoms with Gasteiger partial charge in [0.05, 0.1) is 23.0 Å². The number of aromatic nitrogens is 1. The molecule has 190 valence electrons. The largest absolute Gasteiger partial charge is 0.487 e. The smallest absolute Gasteiger partial charge is 0.417 e. The van der Waals surface area contributed by atoms with Crippen molar-refractivity contribution in [3.8, 4) is 11.3 Å². The molecule has 1 unspecified atom stereocenters. The summed E-state index contributed by atoms with van der Waals surface area (Å²) < 4.78 is 56.7. The van der Waals surface area contributed by atoms with Crippen LogP contribution >= 0.6 is 0 Å². The molecule has 2 heterocycles. The van der Waals surface area contributed by atoms with Crippen molar-refractivity contribution in [1.29, 1.82) is 0 Å². The number of alkyl halides is 3. The van der Waals surface area contributed by atoms with Crippen molar-refractivity contribution in [2.75, 3.05) is 13.7 Å². The number of hydrogen-bond donors (Lipinski definition) is 0. The molecule has 0 spiro atoms. The second kappa shape index (κ2) is 10.1. The van der Waals surface area contributed by atoms with Gasteiger partial charge in [0.25, 0.3) is 0 Å². The Balaban J connectivity index is 2.05. The van der Waals surface area contributed by atoms with Gasteiger partial charge in [0.2, 0.25) is 16.9 Å². The summed E-state index contributed by atoms with van der Waals surface area (Å²) in [7, 11) is 1.63. The van der Waals surface area contributed by atoms with Gasteiger partial charge in [-0.05, 0) is 62.6 Å². The minimum atomic E-state index is -4.49. The Morgan fingerprint density at radius 3 is 2.42 bits per heavy atom. The van der Waals surface area contributed by atoms with Gasteiger partial charge in [-0.15, -0.1) is 0 Å². The zero-order valence-electron chi connectivity index (χ0n) is 21.4. The van der Waals surface area contributed by atoms with Gasteiger partial charge in [-0.3, -0.25) is 0 Å². The molecule has 1 aliphatic heterocycles. The highest BCUT2D eigenvalue weighted by atomic mass is 19.4. The summed E-state index contributed by atoms with van der Waals surface area (Å²) in [6, 6.07) is 16.0. The number of pyridine rings is 1. The summed E-state index contributed by atoms with van der Waals surface area (Å²) in [5.41, 5.74) is 1.90. The number of halogens is 3. The van der Waals surface area contributed by atoms with Crippen LogP contribution in [0.3, 0.4) is 0 Å². The number of benzene rings is 2. The molecule has 1 aliphatic rings. The van der Waals surface area contributed by atoms with E-state index in [1.807, 2.05) is 74.7 Å². The zero-order chi connectivity index (χ0) is 26.1. The van der Waals surface area contributed by atoms with Crippen molar-refractivity contribution in [3.05, 3.63) is 83.6 Å². The zero-order valence-corrected chi connectivity index (χ0v) is 21.4. The summed E-state index contributed by atoms with van der Waals surface area (Å²) in [5, 5.41) is 0.943. The van der Waals surface area contributed by atoms with Gasteiger partial charge >= 0.3 is 6.18 Å². The van der Waals surface area contributed by atoms with E-state index in [1.54, 1.807) is 13.2 Å². The third-order valence-electron chi connectivity index (χ3n) is 7.28. The molecule has 0 radical (unpaired) electrons. The van der Waals surface area contributed by atoms with E-state index >= 15 is 0 Å². The van der Waals surface area contributed by atoms with Crippen LogP contribution < -0.4 is 4.57 Å². The Bertz CT molecular complexity index is 1320. The SMILES string of the molecule is CCC1(CC)C=C(COC(C)=CC(C)OC)[n+]2c(ccc3ccccc32)-c2c(C(F)(F)F)cccc21. The van der Waals surface area contributed by atoms with Gasteiger partial charge in [0.15, 0.2) is 6.61 Å². The van der Waals surface area contributed by atoms with Crippen LogP contribution in [0.5, 0.6) is 0 Å². The number of rotatable bonds is 7. The number of fused-ring (bicyclic) bond motifs is 5. The van der Waals surface area contributed by atoms with Gasteiger partial charge in [-0.1, -0.05) is 38.1 Å². The maximum atomic E-state index is 14.4. The monoisotopic (exact) mass is 496 g/mol. The van der Waals surface area contributed by atoms with E-state index in [4.69, 9.17) is 9.47 Å². The van der Waals surface area contributed by atoms with Crippen molar-refractivity contribution in [2.45, 2.75) is 58.2 Å². The molecule has 2 aromatic carbocycles. The summed E-state index contributed by atoms with van der Waals surface area (Å²) in [5.74, 6) is 0.698. The van der Waals surface area contributed by atoms with E-state index in [0.717, 1.165) is 16.6 Å². The Hall–Kier alpha value is -3.12. The number of ether oxygens (including phenoxy) is 2. The number of allylic oxidation sites excluding steroid dienone is 2. The predicted molar refractivity (Wildman–Crippen MR) is 137 cm³/mol. The Kier molecular flexibility index (Phi) is 7.28. The number of nitrogens with zero attached hydrogens (tertiary/aromatic N) is 1. The lowest BCUT2D eigenvalue weighted by Crippen LogP contribution is -2.38. The van der Waals surface area contributed by atoms with Crippen LogP contribution in [-0.2, 0) is 21.1 Å². The highest BCUT2D eigenvalue weighted by Crippen LogP contribution is 2.47. The fraction of sp³-hybridized carbons (Fsp3) is 0.367. The van der Waals surface area contributed by atoms with Crippen LogP contribution in [0.15, 0.2) is 72.5 Å². The van der Waals surface area contributed by atoms with Gasteiger partial charge in [-0.25, -0.2) is 0 Å². The molecule has 6 heteroatoms.